The van der Waals surface area contributed by atoms with Crippen molar-refractivity contribution in [2.45, 2.75) is 92.1 Å². The molecule has 0 aromatic heterocycles. The minimum Gasteiger partial charge on any atom is -0.390 e. The average Bonchev–Trinajstić information content (AvgIpc) is 2.47. The molecule has 3 aliphatic rings. The first-order valence-electron chi connectivity index (χ1n) is 10.1. The highest BCUT2D eigenvalue weighted by atomic mass is 16.3. The molecule has 0 aromatic carbocycles. The van der Waals surface area contributed by atoms with Crippen LogP contribution in [-0.2, 0) is 0 Å². The fourth-order valence-electron chi connectivity index (χ4n) is 6.64. The normalized spacial score (nSPS) is 50.3. The maximum Gasteiger partial charge on any atom is 0.0657 e. The van der Waals surface area contributed by atoms with Gasteiger partial charge >= 0.3 is 0 Å². The van der Waals surface area contributed by atoms with Crippen LogP contribution in [0.3, 0.4) is 0 Å². The summed E-state index contributed by atoms with van der Waals surface area (Å²) in [5, 5.41) is 10.5. The van der Waals surface area contributed by atoms with Crippen LogP contribution in [0.4, 0.5) is 0 Å². The highest BCUT2D eigenvalue weighted by Gasteiger charge is 2.55. The van der Waals surface area contributed by atoms with Crippen molar-refractivity contribution >= 4 is 0 Å². The van der Waals surface area contributed by atoms with Gasteiger partial charge in [0.2, 0.25) is 0 Å². The van der Waals surface area contributed by atoms with E-state index in [0.717, 1.165) is 36.5 Å². The van der Waals surface area contributed by atoms with Crippen LogP contribution in [0.15, 0.2) is 11.6 Å². The van der Waals surface area contributed by atoms with Crippen molar-refractivity contribution in [2.24, 2.45) is 34.5 Å². The van der Waals surface area contributed by atoms with Gasteiger partial charge in [-0.05, 0) is 80.0 Å². The molecule has 0 spiro atoms. The summed E-state index contributed by atoms with van der Waals surface area (Å²) in [6.07, 6.45) is 11.0. The van der Waals surface area contributed by atoms with Crippen LogP contribution in [0.2, 0.25) is 0 Å². The minimum atomic E-state index is -0.469. The molecular weight excluding hydrogens is 280 g/mol. The van der Waals surface area contributed by atoms with Crippen LogP contribution in [0.25, 0.3) is 0 Å². The highest BCUT2D eigenvalue weighted by molar-refractivity contribution is 5.26. The van der Waals surface area contributed by atoms with Crippen LogP contribution in [0, 0.1) is 34.5 Å². The third-order valence-corrected chi connectivity index (χ3v) is 8.58. The van der Waals surface area contributed by atoms with E-state index >= 15 is 0 Å². The summed E-state index contributed by atoms with van der Waals surface area (Å²) in [5.41, 5.74) is 1.98. The maximum atomic E-state index is 10.5. The number of rotatable bonds is 2. The second kappa shape index (κ2) is 5.61. The Balaban J connectivity index is 1.94. The topological polar surface area (TPSA) is 20.2 Å². The number of hydrogen-bond donors (Lipinski definition) is 1. The molecule has 23 heavy (non-hydrogen) atoms. The Hall–Kier alpha value is -0.300. The lowest BCUT2D eigenvalue weighted by Gasteiger charge is -2.60. The van der Waals surface area contributed by atoms with E-state index in [1.54, 1.807) is 5.57 Å². The zero-order chi connectivity index (χ0) is 17.0. The molecule has 0 radical (unpaired) electrons. The van der Waals surface area contributed by atoms with Gasteiger partial charge in [0.1, 0.15) is 0 Å². The van der Waals surface area contributed by atoms with Gasteiger partial charge in [0.15, 0.2) is 0 Å². The second-order valence-electron chi connectivity index (χ2n) is 10.0. The molecule has 0 bridgehead atoms. The number of fused-ring (bicyclic) bond motifs is 3. The summed E-state index contributed by atoms with van der Waals surface area (Å²) in [4.78, 5) is 0. The average molecular weight is 319 g/mol. The lowest BCUT2D eigenvalue weighted by molar-refractivity contribution is -0.0813. The van der Waals surface area contributed by atoms with E-state index < -0.39 is 5.60 Å². The van der Waals surface area contributed by atoms with E-state index in [2.05, 4.69) is 40.7 Å². The molecule has 0 saturated heterocycles. The van der Waals surface area contributed by atoms with Crippen LogP contribution < -0.4 is 0 Å². The van der Waals surface area contributed by atoms with Crippen LogP contribution in [0.5, 0.6) is 0 Å². The summed E-state index contributed by atoms with van der Waals surface area (Å²) in [7, 11) is 0. The number of allylic oxidation sites excluding steroid dienone is 1. The fourth-order valence-corrected chi connectivity index (χ4v) is 6.64. The minimum absolute atomic E-state index is 0.358. The number of aliphatic hydroxyl groups is 1. The van der Waals surface area contributed by atoms with Gasteiger partial charge in [-0.3, -0.25) is 0 Å². The van der Waals surface area contributed by atoms with Gasteiger partial charge in [0, 0.05) is 0 Å². The van der Waals surface area contributed by atoms with Gasteiger partial charge in [0.05, 0.1) is 5.60 Å². The van der Waals surface area contributed by atoms with Gasteiger partial charge in [0.25, 0.3) is 0 Å². The molecule has 0 heterocycles. The van der Waals surface area contributed by atoms with Crippen molar-refractivity contribution < 1.29 is 5.11 Å². The third kappa shape index (κ3) is 2.62. The molecule has 6 atom stereocenters. The Morgan fingerprint density at radius 2 is 1.87 bits per heavy atom. The monoisotopic (exact) mass is 318 g/mol. The first-order chi connectivity index (χ1) is 10.6. The van der Waals surface area contributed by atoms with Gasteiger partial charge in [-0.25, -0.2) is 0 Å². The molecule has 0 aromatic rings. The smallest absolute Gasteiger partial charge is 0.0657 e. The molecule has 2 saturated carbocycles. The van der Waals surface area contributed by atoms with Crippen molar-refractivity contribution in [3.63, 3.8) is 0 Å². The van der Waals surface area contributed by atoms with Gasteiger partial charge in [-0.2, -0.15) is 0 Å². The van der Waals surface area contributed by atoms with Crippen LogP contribution >= 0.6 is 0 Å². The fraction of sp³-hybridized carbons (Fsp3) is 0.909. The maximum absolute atomic E-state index is 10.5. The quantitative estimate of drug-likeness (QED) is 0.622. The molecule has 6 unspecified atom stereocenters. The molecule has 1 nitrogen and oxygen atoms in total. The Morgan fingerprint density at radius 3 is 2.48 bits per heavy atom. The van der Waals surface area contributed by atoms with E-state index in [-0.39, 0.29) is 0 Å². The van der Waals surface area contributed by atoms with Crippen molar-refractivity contribution in [3.05, 3.63) is 11.6 Å². The van der Waals surface area contributed by atoms with Crippen LogP contribution in [0.1, 0.15) is 86.5 Å². The molecule has 1 N–H and O–H groups in total. The largest absolute Gasteiger partial charge is 0.390 e. The van der Waals surface area contributed by atoms with Crippen molar-refractivity contribution in [2.75, 3.05) is 0 Å². The van der Waals surface area contributed by atoms with Crippen molar-refractivity contribution in [3.8, 4) is 0 Å². The standard InChI is InChI=1S/C22H38O/c1-7-18-17-9-8-16-14-20(4,23)12-13-22(16,6)19(17)10-11-21(18,5)15(2)3/h8,15,17-19,23H,7,9-14H2,1-6H3. The predicted molar refractivity (Wildman–Crippen MR) is 98.2 cm³/mol. The SMILES string of the molecule is CCC1C2CC=C3CC(C)(O)CCC3(C)C2CCC1(C)C(C)C. The predicted octanol–water partition coefficient (Wildman–Crippen LogP) is 5.97. The lowest BCUT2D eigenvalue weighted by atomic mass is 9.45. The Kier molecular flexibility index (Phi) is 4.28. The molecule has 132 valence electrons. The van der Waals surface area contributed by atoms with Gasteiger partial charge < -0.3 is 5.11 Å². The van der Waals surface area contributed by atoms with E-state index in [1.165, 1.54) is 32.1 Å². The Morgan fingerprint density at radius 1 is 1.17 bits per heavy atom. The Bertz CT molecular complexity index is 488. The molecule has 0 amide bonds. The summed E-state index contributed by atoms with van der Waals surface area (Å²) in [5.74, 6) is 3.34. The lowest BCUT2D eigenvalue weighted by Crippen LogP contribution is -2.52. The first kappa shape index (κ1) is 17.5. The van der Waals surface area contributed by atoms with Gasteiger partial charge in [-0.15, -0.1) is 0 Å². The van der Waals surface area contributed by atoms with E-state index in [4.69, 9.17) is 0 Å². The molecule has 0 aliphatic heterocycles. The van der Waals surface area contributed by atoms with E-state index in [0.29, 0.717) is 10.8 Å². The van der Waals surface area contributed by atoms with Crippen molar-refractivity contribution in [1.82, 2.24) is 0 Å². The van der Waals surface area contributed by atoms with E-state index in [1.807, 2.05) is 6.92 Å². The molecule has 3 rings (SSSR count). The Labute approximate surface area is 143 Å². The summed E-state index contributed by atoms with van der Waals surface area (Å²) in [6, 6.07) is 0. The zero-order valence-corrected chi connectivity index (χ0v) is 16.3. The van der Waals surface area contributed by atoms with Crippen LogP contribution in [-0.4, -0.2) is 10.7 Å². The highest BCUT2D eigenvalue weighted by Crippen LogP contribution is 2.63. The third-order valence-electron chi connectivity index (χ3n) is 8.58. The molecule has 1 heteroatoms. The van der Waals surface area contributed by atoms with Gasteiger partial charge in [-0.1, -0.05) is 52.7 Å². The van der Waals surface area contributed by atoms with Crippen molar-refractivity contribution in [1.29, 1.82) is 0 Å². The number of hydrogen-bond acceptors (Lipinski definition) is 1. The first-order valence-corrected chi connectivity index (χ1v) is 10.1. The molecule has 3 aliphatic carbocycles. The zero-order valence-electron chi connectivity index (χ0n) is 16.3. The van der Waals surface area contributed by atoms with E-state index in [9.17, 15) is 5.11 Å². The summed E-state index contributed by atoms with van der Waals surface area (Å²) in [6.45, 7) is 14.4. The second-order valence-corrected chi connectivity index (χ2v) is 10.0. The molecule has 2 fully saturated rings. The summed E-state index contributed by atoms with van der Waals surface area (Å²) < 4.78 is 0. The molecular formula is C22H38O. The summed E-state index contributed by atoms with van der Waals surface area (Å²) >= 11 is 0.